The van der Waals surface area contributed by atoms with Crippen LogP contribution in [-0.4, -0.2) is 269 Å². The summed E-state index contributed by atoms with van der Waals surface area (Å²) in [5.74, 6) is -22.1. The Kier molecular flexibility index (Phi) is 39.6. The number of H-pyrrole nitrogens is 1. The fourth-order valence-corrected chi connectivity index (χ4v) is 16.7. The predicted octanol–water partition coefficient (Wildman–Crippen LogP) is -2.19. The summed E-state index contributed by atoms with van der Waals surface area (Å²) in [5, 5.41) is 95.7. The van der Waals surface area contributed by atoms with Gasteiger partial charge in [-0.3, -0.25) is 91.7 Å². The maximum absolute atomic E-state index is 15.5. The van der Waals surface area contributed by atoms with Crippen LogP contribution in [0.2, 0.25) is 0 Å². The summed E-state index contributed by atoms with van der Waals surface area (Å²) in [7, 11) is 0. The first-order valence-electron chi connectivity index (χ1n) is 45.0. The van der Waals surface area contributed by atoms with Crippen molar-refractivity contribution in [3.05, 3.63) is 161 Å². The van der Waals surface area contributed by atoms with E-state index in [9.17, 15) is 78.3 Å². The number of aliphatic carboxylic acids is 1. The number of carbonyl (C=O) groups excluding carboxylic acids is 17. The molecule has 45 heteroatoms. The molecule has 0 bridgehead atoms. The molecule has 5 aromatic carbocycles. The molecule has 740 valence electrons. The van der Waals surface area contributed by atoms with Gasteiger partial charge in [0.05, 0.1) is 25.3 Å². The number of thioether (sulfide) groups is 1. The molecular weight excluding hydrogens is 1810 g/mol. The molecule has 0 spiro atoms. The molecule has 4 heterocycles. The molecule has 6 aromatic rings. The Bertz CT molecular complexity index is 5450. The van der Waals surface area contributed by atoms with Gasteiger partial charge in [0.15, 0.2) is 5.96 Å². The van der Waals surface area contributed by atoms with E-state index in [0.717, 1.165) is 11.0 Å². The third-order valence-corrected chi connectivity index (χ3v) is 23.8. The van der Waals surface area contributed by atoms with Gasteiger partial charge in [-0.1, -0.05) is 94.4 Å². The zero-order valence-electron chi connectivity index (χ0n) is 76.5. The van der Waals surface area contributed by atoms with Gasteiger partial charge in [-0.05, 0) is 158 Å². The van der Waals surface area contributed by atoms with E-state index >= 15 is 33.6 Å². The second-order valence-corrected chi connectivity index (χ2v) is 35.7. The van der Waals surface area contributed by atoms with Gasteiger partial charge >= 0.3 is 5.97 Å². The lowest BCUT2D eigenvalue weighted by Crippen LogP contribution is -2.61. The number of primary amides is 2. The topological polar surface area (TPSA) is 701 Å². The van der Waals surface area contributed by atoms with Crippen molar-refractivity contribution < 1.29 is 112 Å². The molecule has 3 saturated heterocycles. The van der Waals surface area contributed by atoms with Crippen LogP contribution in [0.1, 0.15) is 126 Å². The zero-order chi connectivity index (χ0) is 101. The number of phenols is 4. The number of amides is 17. The lowest BCUT2D eigenvalue weighted by atomic mass is 10.00. The number of aromatic amines is 1. The number of rotatable bonds is 25. The van der Waals surface area contributed by atoms with Crippen molar-refractivity contribution in [2.24, 2.45) is 29.0 Å². The van der Waals surface area contributed by atoms with Crippen molar-refractivity contribution in [2.75, 3.05) is 44.2 Å². The average molecular weight is 1930 g/mol. The second-order valence-electron chi connectivity index (χ2n) is 34.6. The Labute approximate surface area is 797 Å². The summed E-state index contributed by atoms with van der Waals surface area (Å²) in [6.07, 6.45) is -1.11. The molecule has 1 aromatic heterocycles. The summed E-state index contributed by atoms with van der Waals surface area (Å²) in [4.78, 5) is 266. The number of hydrogen-bond donors (Lipinski definition) is 24. The molecule has 138 heavy (non-hydrogen) atoms. The van der Waals surface area contributed by atoms with Crippen molar-refractivity contribution in [3.8, 4) is 23.0 Å². The minimum absolute atomic E-state index is 0.00409. The minimum atomic E-state index is -1.96. The van der Waals surface area contributed by atoms with Crippen LogP contribution in [0.5, 0.6) is 23.0 Å². The minimum Gasteiger partial charge on any atom is -0.508 e. The van der Waals surface area contributed by atoms with Crippen molar-refractivity contribution in [2.45, 2.75) is 197 Å². The van der Waals surface area contributed by atoms with Gasteiger partial charge in [-0.15, -0.1) is 11.8 Å². The maximum Gasteiger partial charge on any atom is 0.303 e. The van der Waals surface area contributed by atoms with E-state index in [4.69, 9.17) is 22.6 Å². The monoisotopic (exact) mass is 1930 g/mol. The molecule has 17 amide bonds. The summed E-state index contributed by atoms with van der Waals surface area (Å²) < 4.78 is 0. The third-order valence-electron chi connectivity index (χ3n) is 22.8. The van der Waals surface area contributed by atoms with Gasteiger partial charge in [0.1, 0.15) is 101 Å². The van der Waals surface area contributed by atoms with Gasteiger partial charge in [-0.2, -0.15) is 0 Å². The highest BCUT2D eigenvalue weighted by molar-refractivity contribution is 8.00. The number of nitrogens with two attached hydrogens (primary N) is 3. The molecule has 0 saturated carbocycles. The fraction of sp³-hybridized carbons (Fsp3) is 0.430. The SMILES string of the molecule is CC(C)C[C@@H]1NC(=O)[C@H](CCC(=O)O)NC(=O)[C@H](CC(C)C)NC(=O)[C@@H]2CCCN2C(=O)[C@H](CCCNC(=N)N)NC(=O)[C@H](Cc2ccc(O)cc2)NC(=O)[C@@H]2CCCN2C(=O)[C@H](Cc2ccc(O)cc2)NC(=O)[C@H](CC(N)=O)NC(=O)[C@@H](Cc2ccc(O)cc2)NC(=O)CSC[C@@H](C(=O)NCC(N)=O)NC(=O)/C(=C/c2ccc(O)cc2)NC(=O)[C@H](Cc2c[nH]c3ccccc23)NC(=O)CNC1=O. The van der Waals surface area contributed by atoms with Gasteiger partial charge in [0, 0.05) is 74.6 Å². The highest BCUT2D eigenvalue weighted by Crippen LogP contribution is 2.27. The quantitative estimate of drug-likeness (QED) is 0.0125. The molecule has 0 aliphatic carbocycles. The molecule has 3 aliphatic heterocycles. The number of fused-ring (bicyclic) bond motifs is 3. The Morgan fingerprint density at radius 3 is 1.49 bits per heavy atom. The first kappa shape index (κ1) is 106. The third kappa shape index (κ3) is 33.0. The summed E-state index contributed by atoms with van der Waals surface area (Å²) in [6.45, 7) is 4.88. The van der Waals surface area contributed by atoms with Crippen molar-refractivity contribution in [1.82, 2.24) is 89.2 Å². The van der Waals surface area contributed by atoms with E-state index in [1.807, 2.05) is 0 Å². The van der Waals surface area contributed by atoms with Gasteiger partial charge in [-0.25, -0.2) is 0 Å². The number of phenolic OH excluding ortho intramolecular Hbond substituents is 4. The Balaban J connectivity index is 1.10. The van der Waals surface area contributed by atoms with Gasteiger partial charge in [0.2, 0.25) is 94.5 Å². The number of nitrogens with one attached hydrogen (secondary N) is 16. The molecule has 27 N–H and O–H groups in total. The first-order valence-corrected chi connectivity index (χ1v) is 46.1. The van der Waals surface area contributed by atoms with E-state index in [-0.39, 0.29) is 131 Å². The maximum atomic E-state index is 15.5. The summed E-state index contributed by atoms with van der Waals surface area (Å²) >= 11 is 0.673. The summed E-state index contributed by atoms with van der Waals surface area (Å²) in [6, 6.07) is 8.91. The van der Waals surface area contributed by atoms with Crippen LogP contribution in [0.4, 0.5) is 0 Å². The number of hydrogen-bond acceptors (Lipinski definition) is 24. The van der Waals surface area contributed by atoms with E-state index in [0.29, 0.717) is 44.9 Å². The smallest absolute Gasteiger partial charge is 0.303 e. The van der Waals surface area contributed by atoms with Crippen LogP contribution in [0.15, 0.2) is 133 Å². The van der Waals surface area contributed by atoms with E-state index in [1.165, 1.54) is 102 Å². The second kappa shape index (κ2) is 51.4. The largest absolute Gasteiger partial charge is 0.508 e. The lowest BCUT2D eigenvalue weighted by molar-refractivity contribution is -0.143. The van der Waals surface area contributed by atoms with Crippen LogP contribution in [0.25, 0.3) is 17.0 Å². The number of benzene rings is 5. The van der Waals surface area contributed by atoms with E-state index < -0.39 is 241 Å². The molecule has 0 unspecified atom stereocenters. The zero-order valence-corrected chi connectivity index (χ0v) is 77.3. The van der Waals surface area contributed by atoms with Gasteiger partial charge in [0.25, 0.3) is 5.91 Å². The van der Waals surface area contributed by atoms with Crippen molar-refractivity contribution >= 4 is 141 Å². The van der Waals surface area contributed by atoms with Gasteiger partial charge < -0.3 is 132 Å². The predicted molar refractivity (Wildman–Crippen MR) is 502 cm³/mol. The highest BCUT2D eigenvalue weighted by Gasteiger charge is 2.44. The number of aromatic nitrogens is 1. The molecular formula is C93H119N21O23S. The molecule has 44 nitrogen and oxygen atoms in total. The van der Waals surface area contributed by atoms with Crippen LogP contribution < -0.4 is 91.6 Å². The number of nitrogens with zero attached hydrogens (tertiary/aromatic N) is 2. The summed E-state index contributed by atoms with van der Waals surface area (Å²) in [5.41, 5.74) is 18.4. The van der Waals surface area contributed by atoms with Crippen LogP contribution in [-0.2, 0) is 112 Å². The standard InChI is InChI=1S/C93H119N21O23S/c1-49(2)36-64-80(125)101-46-77(121)102-69(42-55-44-99-61-11-6-5-10-60(55)61)87(132)107-67(39-52-17-25-57(116)26-18-52)86(131)112-72(81(126)100-45-76(95)120)47-138-48-78(122)103-66(38-51-15-23-56(115)24-16-51)84(129)108-70(43-75(94)119)88(133)111-71(41-54-21-29-59(118)30-22-54)92(137)114-35-9-14-74(114)90(135)110-68(40-53-19-27-58(117)28-20-53)85(130)105-63(12-7-33-98-93(96)97)91(136)113-34-8-13-73(113)89(134)109-65(37-50(3)4)83(128)104-62(82(127)106-64)31-32-79(123)124/h5-6,10-11,15-30,39,44,49-50,62-66,68-74,99,115-118H,7-9,12-14,31-38,40-43,45-48H2,1-4H3,(H2,94,119)(H2,95,120)(H,100,126)(H,101,125)(H,102,121)(H,103,122)(H,104,128)(H,105,130)(H,106,127)(H,107,132)(H,108,129)(H,109,134)(H,110,135)(H,111,133)(H,112,131)(H,123,124)(H4,96,97,98)/b67-39-/t62-,63-,64-,65-,66+,68-,69-,70-,71-,72-,73-,74-/m0/s1. The number of aromatic hydroxyl groups is 4. The van der Waals surface area contributed by atoms with Crippen LogP contribution in [0, 0.1) is 17.2 Å². The number of carboxylic acids is 1. The number of carbonyl (C=O) groups is 18. The van der Waals surface area contributed by atoms with Crippen LogP contribution in [0.3, 0.4) is 0 Å². The van der Waals surface area contributed by atoms with E-state index in [2.05, 4.69) is 79.4 Å². The number of carboxylic acid groups (broad SMARTS) is 1. The molecule has 0 radical (unpaired) electrons. The van der Waals surface area contributed by atoms with Crippen molar-refractivity contribution in [3.63, 3.8) is 0 Å². The fourth-order valence-electron chi connectivity index (χ4n) is 15.9. The molecule has 3 aliphatic rings. The highest BCUT2D eigenvalue weighted by atomic mass is 32.2. The van der Waals surface area contributed by atoms with Crippen molar-refractivity contribution in [1.29, 1.82) is 5.41 Å². The Morgan fingerprint density at radius 2 is 0.949 bits per heavy atom. The normalized spacial score (nSPS) is 22.8. The lowest BCUT2D eigenvalue weighted by Gasteiger charge is -2.32. The van der Waals surface area contributed by atoms with E-state index in [1.54, 1.807) is 58.2 Å². The Morgan fingerprint density at radius 1 is 0.493 bits per heavy atom. The first-order chi connectivity index (χ1) is 65.6. The van der Waals surface area contributed by atoms with Crippen LogP contribution >= 0.6 is 11.8 Å². The Hall–Kier alpha value is -15.3. The number of para-hydroxylation sites is 1. The average Bonchev–Trinajstić information content (AvgIpc) is 1.64. The number of guanidine groups is 1. The molecule has 9 rings (SSSR count). The molecule has 12 atom stereocenters. The molecule has 3 fully saturated rings.